The standard InChI is InChI=1S/C21H21NO7/c1-26-17-11-15(21(25)29-4)16(12-18(17)27-2)22-19(23)10-7-13-5-8-14(9-6-13)20(24)28-3/h5-12H,1-4H3,(H,22,23)/b10-7+. The molecular formula is C21H21NO7. The Kier molecular flexibility index (Phi) is 7.36. The predicted octanol–water partition coefficient (Wildman–Crippen LogP) is 2.93. The van der Waals surface area contributed by atoms with Crippen LogP contribution in [0.25, 0.3) is 6.08 Å². The van der Waals surface area contributed by atoms with Crippen molar-refractivity contribution in [2.24, 2.45) is 0 Å². The number of ether oxygens (including phenoxy) is 4. The number of methoxy groups -OCH3 is 4. The van der Waals surface area contributed by atoms with Crippen LogP contribution in [0.3, 0.4) is 0 Å². The first-order valence-electron chi connectivity index (χ1n) is 8.45. The summed E-state index contributed by atoms with van der Waals surface area (Å²) in [5.74, 6) is -0.880. The summed E-state index contributed by atoms with van der Waals surface area (Å²) >= 11 is 0. The van der Waals surface area contributed by atoms with Crippen LogP contribution in [0.2, 0.25) is 0 Å². The molecule has 0 saturated carbocycles. The smallest absolute Gasteiger partial charge is 0.340 e. The van der Waals surface area contributed by atoms with Crippen molar-refractivity contribution in [3.63, 3.8) is 0 Å². The minimum absolute atomic E-state index is 0.120. The number of anilines is 1. The predicted molar refractivity (Wildman–Crippen MR) is 106 cm³/mol. The second-order valence-electron chi connectivity index (χ2n) is 5.68. The molecule has 0 saturated heterocycles. The SMILES string of the molecule is COC(=O)c1ccc(/C=C/C(=O)Nc2cc(OC)c(OC)cc2C(=O)OC)cc1. The lowest BCUT2D eigenvalue weighted by Crippen LogP contribution is -2.13. The molecule has 0 aliphatic rings. The minimum atomic E-state index is -0.636. The van der Waals surface area contributed by atoms with E-state index >= 15 is 0 Å². The lowest BCUT2D eigenvalue weighted by atomic mass is 10.1. The van der Waals surface area contributed by atoms with Crippen molar-refractivity contribution in [3.8, 4) is 11.5 Å². The number of amides is 1. The van der Waals surface area contributed by atoms with Crippen LogP contribution in [0.15, 0.2) is 42.5 Å². The maximum Gasteiger partial charge on any atom is 0.340 e. The fraction of sp³-hybridized carbons (Fsp3) is 0.190. The largest absolute Gasteiger partial charge is 0.493 e. The van der Waals surface area contributed by atoms with Gasteiger partial charge in [0.15, 0.2) is 11.5 Å². The molecule has 2 rings (SSSR count). The van der Waals surface area contributed by atoms with Crippen LogP contribution in [-0.4, -0.2) is 46.3 Å². The number of esters is 2. The van der Waals surface area contributed by atoms with E-state index in [9.17, 15) is 14.4 Å². The van der Waals surface area contributed by atoms with E-state index in [-0.39, 0.29) is 11.3 Å². The summed E-state index contributed by atoms with van der Waals surface area (Å²) in [5.41, 5.74) is 1.44. The van der Waals surface area contributed by atoms with Crippen molar-refractivity contribution in [1.82, 2.24) is 0 Å². The van der Waals surface area contributed by atoms with Gasteiger partial charge in [0.25, 0.3) is 0 Å². The van der Waals surface area contributed by atoms with Gasteiger partial charge in [-0.2, -0.15) is 0 Å². The van der Waals surface area contributed by atoms with Gasteiger partial charge in [0.05, 0.1) is 45.3 Å². The molecule has 2 aromatic carbocycles. The summed E-state index contributed by atoms with van der Waals surface area (Å²) in [6, 6.07) is 9.43. The van der Waals surface area contributed by atoms with Gasteiger partial charge in [0.2, 0.25) is 5.91 Å². The third-order valence-corrected chi connectivity index (χ3v) is 3.95. The zero-order chi connectivity index (χ0) is 21.4. The Balaban J connectivity index is 2.22. The molecule has 2 aromatic rings. The van der Waals surface area contributed by atoms with Gasteiger partial charge in [-0.05, 0) is 23.8 Å². The average molecular weight is 399 g/mol. The van der Waals surface area contributed by atoms with E-state index in [0.717, 1.165) is 0 Å². The van der Waals surface area contributed by atoms with Gasteiger partial charge in [0, 0.05) is 18.2 Å². The number of rotatable bonds is 7. The summed E-state index contributed by atoms with van der Waals surface area (Å²) < 4.78 is 19.8. The van der Waals surface area contributed by atoms with Gasteiger partial charge in [0.1, 0.15) is 0 Å². The van der Waals surface area contributed by atoms with Gasteiger partial charge in [-0.3, -0.25) is 4.79 Å². The molecule has 0 aliphatic heterocycles. The number of hydrogen-bond acceptors (Lipinski definition) is 7. The van der Waals surface area contributed by atoms with Crippen molar-refractivity contribution in [1.29, 1.82) is 0 Å². The van der Waals surface area contributed by atoms with Crippen LogP contribution < -0.4 is 14.8 Å². The van der Waals surface area contributed by atoms with Crippen molar-refractivity contribution in [2.45, 2.75) is 0 Å². The zero-order valence-electron chi connectivity index (χ0n) is 16.5. The topological polar surface area (TPSA) is 100 Å². The highest BCUT2D eigenvalue weighted by Gasteiger charge is 2.18. The quantitative estimate of drug-likeness (QED) is 0.564. The summed E-state index contributed by atoms with van der Waals surface area (Å²) in [4.78, 5) is 35.8. The van der Waals surface area contributed by atoms with E-state index in [1.165, 1.54) is 46.6 Å². The Hall–Kier alpha value is -3.81. The molecule has 0 atom stereocenters. The van der Waals surface area contributed by atoms with Crippen molar-refractivity contribution in [2.75, 3.05) is 33.8 Å². The van der Waals surface area contributed by atoms with Crippen molar-refractivity contribution < 1.29 is 33.3 Å². The molecule has 0 aromatic heterocycles. The third-order valence-electron chi connectivity index (χ3n) is 3.95. The number of benzene rings is 2. The molecule has 0 heterocycles. The average Bonchev–Trinajstić information content (AvgIpc) is 2.76. The monoisotopic (exact) mass is 399 g/mol. The van der Waals surface area contributed by atoms with E-state index < -0.39 is 17.8 Å². The van der Waals surface area contributed by atoms with Crippen LogP contribution in [-0.2, 0) is 14.3 Å². The molecule has 0 bridgehead atoms. The molecule has 1 amide bonds. The second-order valence-corrected chi connectivity index (χ2v) is 5.68. The summed E-state index contributed by atoms with van der Waals surface area (Å²) in [5, 5.41) is 2.62. The third kappa shape index (κ3) is 5.35. The first kappa shape index (κ1) is 21.5. The number of hydrogen-bond donors (Lipinski definition) is 1. The summed E-state index contributed by atoms with van der Waals surface area (Å²) in [7, 11) is 5.42. The van der Waals surface area contributed by atoms with Crippen LogP contribution in [0.5, 0.6) is 11.5 Å². The number of carbonyl (C=O) groups excluding carboxylic acids is 3. The lowest BCUT2D eigenvalue weighted by Gasteiger charge is -2.14. The molecular weight excluding hydrogens is 378 g/mol. The van der Waals surface area contributed by atoms with Gasteiger partial charge in [-0.15, -0.1) is 0 Å². The molecule has 0 fully saturated rings. The van der Waals surface area contributed by atoms with Gasteiger partial charge in [-0.1, -0.05) is 12.1 Å². The minimum Gasteiger partial charge on any atom is -0.493 e. The Morgan fingerprint density at radius 2 is 1.41 bits per heavy atom. The summed E-state index contributed by atoms with van der Waals surface area (Å²) in [6.45, 7) is 0. The molecule has 0 aliphatic carbocycles. The first-order chi connectivity index (χ1) is 13.9. The van der Waals surface area contributed by atoms with E-state index in [0.29, 0.717) is 22.6 Å². The Labute approximate surface area is 168 Å². The second kappa shape index (κ2) is 9.93. The Morgan fingerprint density at radius 1 is 0.828 bits per heavy atom. The van der Waals surface area contributed by atoms with Gasteiger partial charge in [-0.25, -0.2) is 9.59 Å². The highest BCUT2D eigenvalue weighted by Crippen LogP contribution is 2.33. The zero-order valence-corrected chi connectivity index (χ0v) is 16.5. The maximum atomic E-state index is 12.3. The molecule has 0 spiro atoms. The molecule has 8 nitrogen and oxygen atoms in total. The van der Waals surface area contributed by atoms with Crippen molar-refractivity contribution >= 4 is 29.6 Å². The first-order valence-corrected chi connectivity index (χ1v) is 8.45. The lowest BCUT2D eigenvalue weighted by molar-refractivity contribution is -0.111. The number of nitrogens with one attached hydrogen (secondary N) is 1. The molecule has 8 heteroatoms. The summed E-state index contributed by atoms with van der Waals surface area (Å²) in [6.07, 6.45) is 2.86. The number of carbonyl (C=O) groups is 3. The molecule has 29 heavy (non-hydrogen) atoms. The van der Waals surface area contributed by atoms with Crippen LogP contribution in [0.4, 0.5) is 5.69 Å². The van der Waals surface area contributed by atoms with Crippen molar-refractivity contribution in [3.05, 3.63) is 59.2 Å². The normalized spacial score (nSPS) is 10.3. The maximum absolute atomic E-state index is 12.3. The van der Waals surface area contributed by atoms with Gasteiger partial charge >= 0.3 is 11.9 Å². The highest BCUT2D eigenvalue weighted by molar-refractivity contribution is 6.07. The Morgan fingerprint density at radius 3 is 1.97 bits per heavy atom. The van der Waals surface area contributed by atoms with Gasteiger partial charge < -0.3 is 24.3 Å². The van der Waals surface area contributed by atoms with E-state index in [1.54, 1.807) is 30.3 Å². The fourth-order valence-electron chi connectivity index (χ4n) is 2.46. The Bertz CT molecular complexity index is 933. The van der Waals surface area contributed by atoms with E-state index in [4.69, 9.17) is 14.2 Å². The highest BCUT2D eigenvalue weighted by atomic mass is 16.5. The van der Waals surface area contributed by atoms with E-state index in [1.807, 2.05) is 0 Å². The van der Waals surface area contributed by atoms with Crippen LogP contribution in [0.1, 0.15) is 26.3 Å². The van der Waals surface area contributed by atoms with Crippen LogP contribution >= 0.6 is 0 Å². The molecule has 0 radical (unpaired) electrons. The van der Waals surface area contributed by atoms with E-state index in [2.05, 4.69) is 10.1 Å². The molecule has 1 N–H and O–H groups in total. The molecule has 152 valence electrons. The van der Waals surface area contributed by atoms with Crippen LogP contribution in [0, 0.1) is 0 Å². The molecule has 0 unspecified atom stereocenters. The fourth-order valence-corrected chi connectivity index (χ4v) is 2.46.